The number of aryl methyl sites for hydroxylation is 1. The summed E-state index contributed by atoms with van der Waals surface area (Å²) in [6.07, 6.45) is 1.94. The molecule has 1 N–H and O–H groups in total. The standard InChI is InChI=1S/C18H29N3O3S/c1-16-5-3-4-6-17(16)25(22,23)19-15-18(7-9-20(2)10-8-18)21-11-13-24-14-12-21/h3-6,19H,7-15H2,1-2H3. The first kappa shape index (κ1) is 18.8. The molecule has 0 unspecified atom stereocenters. The van der Waals surface area contributed by atoms with Crippen LogP contribution in [0.2, 0.25) is 0 Å². The molecule has 3 rings (SSSR count). The van der Waals surface area contributed by atoms with Gasteiger partial charge < -0.3 is 9.64 Å². The maximum Gasteiger partial charge on any atom is 0.240 e. The lowest BCUT2D eigenvalue weighted by Crippen LogP contribution is -2.62. The van der Waals surface area contributed by atoms with Crippen LogP contribution in [0, 0.1) is 6.92 Å². The fraction of sp³-hybridized carbons (Fsp3) is 0.667. The lowest BCUT2D eigenvalue weighted by atomic mass is 9.85. The van der Waals surface area contributed by atoms with Crippen LogP contribution in [-0.4, -0.2) is 76.7 Å². The zero-order valence-corrected chi connectivity index (χ0v) is 16.0. The molecule has 0 spiro atoms. The number of nitrogens with zero attached hydrogens (tertiary/aromatic N) is 2. The van der Waals surface area contributed by atoms with Gasteiger partial charge in [0, 0.05) is 25.2 Å². The van der Waals surface area contributed by atoms with Gasteiger partial charge in [-0.15, -0.1) is 0 Å². The second-order valence-corrected chi connectivity index (χ2v) is 8.95. The number of morpholine rings is 1. The Kier molecular flexibility index (Phi) is 5.80. The zero-order chi connectivity index (χ0) is 17.9. The van der Waals surface area contributed by atoms with Crippen LogP contribution in [0.3, 0.4) is 0 Å². The van der Waals surface area contributed by atoms with E-state index in [1.54, 1.807) is 12.1 Å². The lowest BCUT2D eigenvalue weighted by molar-refractivity contribution is -0.0427. The highest BCUT2D eigenvalue weighted by atomic mass is 32.2. The van der Waals surface area contributed by atoms with E-state index in [1.165, 1.54) is 0 Å². The maximum absolute atomic E-state index is 12.8. The van der Waals surface area contributed by atoms with Crippen molar-refractivity contribution in [3.05, 3.63) is 29.8 Å². The van der Waals surface area contributed by atoms with E-state index in [4.69, 9.17) is 4.74 Å². The van der Waals surface area contributed by atoms with E-state index < -0.39 is 10.0 Å². The third-order valence-electron chi connectivity index (χ3n) is 5.57. The predicted octanol–water partition coefficient (Wildman–Crippen LogP) is 1.07. The largest absolute Gasteiger partial charge is 0.379 e. The molecule has 2 saturated heterocycles. The number of sulfonamides is 1. The molecule has 2 heterocycles. The van der Waals surface area contributed by atoms with Crippen molar-refractivity contribution in [1.29, 1.82) is 0 Å². The monoisotopic (exact) mass is 367 g/mol. The van der Waals surface area contributed by atoms with E-state index >= 15 is 0 Å². The molecule has 1 aromatic rings. The second-order valence-electron chi connectivity index (χ2n) is 7.22. The Labute approximate surface area is 151 Å². The molecule has 0 aliphatic carbocycles. The van der Waals surface area contributed by atoms with Gasteiger partial charge in [0.15, 0.2) is 0 Å². The van der Waals surface area contributed by atoms with Crippen molar-refractivity contribution in [1.82, 2.24) is 14.5 Å². The quantitative estimate of drug-likeness (QED) is 0.844. The summed E-state index contributed by atoms with van der Waals surface area (Å²) >= 11 is 0. The number of benzene rings is 1. The molecule has 0 atom stereocenters. The summed E-state index contributed by atoms with van der Waals surface area (Å²) < 4.78 is 34.0. The average Bonchev–Trinajstić information content (AvgIpc) is 2.63. The van der Waals surface area contributed by atoms with Gasteiger partial charge in [-0.3, -0.25) is 4.90 Å². The number of hydrogen-bond donors (Lipinski definition) is 1. The first-order valence-electron chi connectivity index (χ1n) is 9.00. The highest BCUT2D eigenvalue weighted by Gasteiger charge is 2.40. The Bertz CT molecular complexity index is 679. The van der Waals surface area contributed by atoms with Crippen molar-refractivity contribution >= 4 is 10.0 Å². The zero-order valence-electron chi connectivity index (χ0n) is 15.2. The first-order valence-corrected chi connectivity index (χ1v) is 10.5. The lowest BCUT2D eigenvalue weighted by Gasteiger charge is -2.49. The summed E-state index contributed by atoms with van der Waals surface area (Å²) in [4.78, 5) is 5.12. The van der Waals surface area contributed by atoms with Gasteiger partial charge in [-0.05, 0) is 51.5 Å². The SMILES string of the molecule is Cc1ccccc1S(=O)(=O)NCC1(N2CCOCC2)CCN(C)CC1. The normalized spacial score (nSPS) is 22.8. The molecule has 0 saturated carbocycles. The van der Waals surface area contributed by atoms with Crippen molar-refractivity contribution < 1.29 is 13.2 Å². The summed E-state index contributed by atoms with van der Waals surface area (Å²) in [5.74, 6) is 0. The Morgan fingerprint density at radius 3 is 2.40 bits per heavy atom. The highest BCUT2D eigenvalue weighted by molar-refractivity contribution is 7.89. The van der Waals surface area contributed by atoms with Gasteiger partial charge >= 0.3 is 0 Å². The fourth-order valence-corrected chi connectivity index (χ4v) is 5.21. The van der Waals surface area contributed by atoms with Crippen LogP contribution in [0.4, 0.5) is 0 Å². The van der Waals surface area contributed by atoms with E-state index in [9.17, 15) is 8.42 Å². The molecule has 25 heavy (non-hydrogen) atoms. The van der Waals surface area contributed by atoms with Crippen LogP contribution in [0.25, 0.3) is 0 Å². The van der Waals surface area contributed by atoms with Crippen LogP contribution in [0.1, 0.15) is 18.4 Å². The Morgan fingerprint density at radius 1 is 1.12 bits per heavy atom. The molecule has 2 fully saturated rings. The molecule has 2 aliphatic heterocycles. The van der Waals surface area contributed by atoms with Crippen molar-refractivity contribution in [3.8, 4) is 0 Å². The van der Waals surface area contributed by atoms with Crippen LogP contribution in [0.15, 0.2) is 29.2 Å². The summed E-state index contributed by atoms with van der Waals surface area (Å²) in [7, 11) is -1.38. The second kappa shape index (κ2) is 7.72. The van der Waals surface area contributed by atoms with Gasteiger partial charge in [0.2, 0.25) is 10.0 Å². The Morgan fingerprint density at radius 2 is 1.76 bits per heavy atom. The third kappa shape index (κ3) is 4.23. The topological polar surface area (TPSA) is 61.9 Å². The van der Waals surface area contributed by atoms with Gasteiger partial charge in [0.1, 0.15) is 0 Å². The van der Waals surface area contributed by atoms with Gasteiger partial charge in [0.05, 0.1) is 18.1 Å². The molecule has 2 aliphatic rings. The van der Waals surface area contributed by atoms with Crippen molar-refractivity contribution in [3.63, 3.8) is 0 Å². The van der Waals surface area contributed by atoms with Crippen molar-refractivity contribution in [2.75, 3.05) is 53.0 Å². The molecule has 140 valence electrons. The highest BCUT2D eigenvalue weighted by Crippen LogP contribution is 2.29. The van der Waals surface area contributed by atoms with E-state index in [0.717, 1.165) is 57.8 Å². The molecule has 0 radical (unpaired) electrons. The fourth-order valence-electron chi connectivity index (χ4n) is 3.84. The summed E-state index contributed by atoms with van der Waals surface area (Å²) in [5, 5.41) is 0. The van der Waals surface area contributed by atoms with Crippen LogP contribution in [0.5, 0.6) is 0 Å². The molecular weight excluding hydrogens is 338 g/mol. The van der Waals surface area contributed by atoms with E-state index in [1.807, 2.05) is 19.1 Å². The first-order chi connectivity index (χ1) is 11.9. The van der Waals surface area contributed by atoms with Crippen LogP contribution in [-0.2, 0) is 14.8 Å². The minimum Gasteiger partial charge on any atom is -0.379 e. The van der Waals surface area contributed by atoms with Gasteiger partial charge in [-0.2, -0.15) is 0 Å². The molecule has 0 amide bonds. The smallest absolute Gasteiger partial charge is 0.240 e. The minimum absolute atomic E-state index is 0.119. The van der Waals surface area contributed by atoms with E-state index in [2.05, 4.69) is 21.6 Å². The van der Waals surface area contributed by atoms with Gasteiger partial charge in [0.25, 0.3) is 0 Å². The summed E-state index contributed by atoms with van der Waals surface area (Å²) in [6.45, 7) is 7.46. The Hall–Kier alpha value is -0.990. The van der Waals surface area contributed by atoms with Gasteiger partial charge in [-0.25, -0.2) is 13.1 Å². The molecule has 0 bridgehead atoms. The summed E-state index contributed by atoms with van der Waals surface area (Å²) in [5.41, 5.74) is 0.658. The average molecular weight is 368 g/mol. The summed E-state index contributed by atoms with van der Waals surface area (Å²) in [6, 6.07) is 7.14. The van der Waals surface area contributed by atoms with Gasteiger partial charge in [-0.1, -0.05) is 18.2 Å². The van der Waals surface area contributed by atoms with Crippen LogP contribution >= 0.6 is 0 Å². The molecule has 7 heteroatoms. The number of piperidine rings is 1. The Balaban J connectivity index is 1.77. The predicted molar refractivity (Wildman–Crippen MR) is 98.2 cm³/mol. The third-order valence-corrected chi connectivity index (χ3v) is 7.14. The number of hydrogen-bond acceptors (Lipinski definition) is 5. The number of nitrogens with one attached hydrogen (secondary N) is 1. The maximum atomic E-state index is 12.8. The van der Waals surface area contributed by atoms with Crippen molar-refractivity contribution in [2.45, 2.75) is 30.2 Å². The molecule has 0 aromatic heterocycles. The van der Waals surface area contributed by atoms with E-state index in [0.29, 0.717) is 11.4 Å². The minimum atomic E-state index is -3.50. The number of ether oxygens (including phenoxy) is 1. The van der Waals surface area contributed by atoms with Crippen LogP contribution < -0.4 is 4.72 Å². The van der Waals surface area contributed by atoms with E-state index in [-0.39, 0.29) is 5.54 Å². The van der Waals surface area contributed by atoms with Crippen molar-refractivity contribution in [2.24, 2.45) is 0 Å². The molecule has 1 aromatic carbocycles. The number of likely N-dealkylation sites (tertiary alicyclic amines) is 1. The molecular formula is C18H29N3O3S. The molecule has 6 nitrogen and oxygen atoms in total. The number of rotatable bonds is 5.